The quantitative estimate of drug-likeness (QED) is 0.804. The monoisotopic (exact) mass is 311 g/mol. The first-order valence-electron chi connectivity index (χ1n) is 8.17. The highest BCUT2D eigenvalue weighted by Crippen LogP contribution is 2.31. The highest BCUT2D eigenvalue weighted by atomic mass is 16.5. The van der Waals surface area contributed by atoms with Gasteiger partial charge in [-0.2, -0.15) is 0 Å². The van der Waals surface area contributed by atoms with Crippen molar-refractivity contribution in [1.82, 2.24) is 4.90 Å². The van der Waals surface area contributed by atoms with Crippen molar-refractivity contribution in [1.29, 1.82) is 0 Å². The van der Waals surface area contributed by atoms with Crippen LogP contribution in [-0.4, -0.2) is 41.9 Å². The molecule has 1 aromatic heterocycles. The van der Waals surface area contributed by atoms with Crippen molar-refractivity contribution in [3.63, 3.8) is 0 Å². The minimum atomic E-state index is -0.412. The van der Waals surface area contributed by atoms with E-state index in [2.05, 4.69) is 29.2 Å². The Kier molecular flexibility index (Phi) is 3.81. The minimum absolute atomic E-state index is 0.0881. The number of hydrogen-bond donors (Lipinski definition) is 1. The molecule has 1 fully saturated rings. The van der Waals surface area contributed by atoms with Gasteiger partial charge in [0.1, 0.15) is 11.2 Å². The molecule has 1 aliphatic rings. The van der Waals surface area contributed by atoms with Gasteiger partial charge in [0.25, 0.3) is 0 Å². The fourth-order valence-electron chi connectivity index (χ4n) is 3.51. The third-order valence-electron chi connectivity index (χ3n) is 4.57. The van der Waals surface area contributed by atoms with Crippen LogP contribution < -0.4 is 0 Å². The molecule has 1 aliphatic heterocycles. The summed E-state index contributed by atoms with van der Waals surface area (Å²) >= 11 is 0. The van der Waals surface area contributed by atoms with Crippen LogP contribution in [0.25, 0.3) is 21.9 Å². The Bertz CT molecular complexity index is 826. The van der Waals surface area contributed by atoms with Gasteiger partial charge in [0.05, 0.1) is 12.2 Å². The fourth-order valence-corrected chi connectivity index (χ4v) is 3.51. The van der Waals surface area contributed by atoms with Gasteiger partial charge in [-0.3, -0.25) is 4.90 Å². The van der Waals surface area contributed by atoms with E-state index in [9.17, 15) is 5.11 Å². The van der Waals surface area contributed by atoms with Gasteiger partial charge >= 0.3 is 0 Å². The number of rotatable bonds is 4. The number of nitrogens with zero attached hydrogens (tertiary/aromatic N) is 1. The van der Waals surface area contributed by atoms with E-state index in [-0.39, 0.29) is 6.10 Å². The van der Waals surface area contributed by atoms with Crippen molar-refractivity contribution in [3.05, 3.63) is 48.0 Å². The molecular weight excluding hydrogens is 290 g/mol. The van der Waals surface area contributed by atoms with E-state index in [1.54, 1.807) is 0 Å². The van der Waals surface area contributed by atoms with Gasteiger partial charge in [-0.05, 0) is 13.0 Å². The number of aliphatic hydroxyl groups excluding tert-OH is 1. The van der Waals surface area contributed by atoms with Gasteiger partial charge < -0.3 is 14.3 Å². The SMILES string of the molecule is CCO[C@H]1CN(Cc2cccc3c2oc2ccccc23)C[C@@H]1O. The molecule has 4 rings (SSSR count). The maximum absolute atomic E-state index is 10.1. The second-order valence-corrected chi connectivity index (χ2v) is 6.15. The van der Waals surface area contributed by atoms with Crippen LogP contribution in [0.5, 0.6) is 0 Å². The second-order valence-electron chi connectivity index (χ2n) is 6.15. The molecule has 4 heteroatoms. The molecule has 2 heterocycles. The van der Waals surface area contributed by atoms with Crippen LogP contribution in [0.1, 0.15) is 12.5 Å². The maximum atomic E-state index is 10.1. The summed E-state index contributed by atoms with van der Waals surface area (Å²) in [6.45, 7) is 4.75. The number of aliphatic hydroxyl groups is 1. The van der Waals surface area contributed by atoms with E-state index >= 15 is 0 Å². The zero-order chi connectivity index (χ0) is 15.8. The number of likely N-dealkylation sites (tertiary alicyclic amines) is 1. The number of β-amino-alcohol motifs (C(OH)–C–C–N with tert-alkyl or cyclic N) is 1. The highest BCUT2D eigenvalue weighted by molar-refractivity contribution is 6.05. The molecule has 1 saturated heterocycles. The van der Waals surface area contributed by atoms with E-state index in [1.807, 2.05) is 25.1 Å². The Hall–Kier alpha value is -1.88. The number of ether oxygens (including phenoxy) is 1. The summed E-state index contributed by atoms with van der Waals surface area (Å²) in [4.78, 5) is 2.23. The zero-order valence-corrected chi connectivity index (χ0v) is 13.2. The van der Waals surface area contributed by atoms with E-state index in [4.69, 9.17) is 9.15 Å². The van der Waals surface area contributed by atoms with Gasteiger partial charge in [0, 0.05) is 42.6 Å². The molecule has 120 valence electrons. The van der Waals surface area contributed by atoms with Crippen molar-refractivity contribution in [3.8, 4) is 0 Å². The summed E-state index contributed by atoms with van der Waals surface area (Å²) in [6.07, 6.45) is -0.500. The molecule has 0 amide bonds. The molecule has 23 heavy (non-hydrogen) atoms. The van der Waals surface area contributed by atoms with Gasteiger partial charge in [0.2, 0.25) is 0 Å². The van der Waals surface area contributed by atoms with Gasteiger partial charge in [0.15, 0.2) is 0 Å². The Labute approximate surface area is 135 Å². The summed E-state index contributed by atoms with van der Waals surface area (Å²) in [7, 11) is 0. The predicted molar refractivity (Wildman–Crippen MR) is 90.4 cm³/mol. The summed E-state index contributed by atoms with van der Waals surface area (Å²) in [5, 5.41) is 12.4. The van der Waals surface area contributed by atoms with E-state index < -0.39 is 6.10 Å². The first-order chi connectivity index (χ1) is 11.3. The van der Waals surface area contributed by atoms with Gasteiger partial charge in [-0.15, -0.1) is 0 Å². The molecule has 0 unspecified atom stereocenters. The number of furan rings is 1. The zero-order valence-electron chi connectivity index (χ0n) is 13.2. The number of fused-ring (bicyclic) bond motifs is 3. The standard InChI is InChI=1S/C19H21NO3/c1-2-22-18-12-20(11-16(18)21)10-13-6-5-8-15-14-7-3-4-9-17(14)23-19(13)15/h3-9,16,18,21H,2,10-12H2,1H3/t16-,18-/m0/s1. The maximum Gasteiger partial charge on any atom is 0.139 e. The number of hydrogen-bond acceptors (Lipinski definition) is 4. The molecule has 1 N–H and O–H groups in total. The van der Waals surface area contributed by atoms with Gasteiger partial charge in [-0.25, -0.2) is 0 Å². The molecule has 4 nitrogen and oxygen atoms in total. The molecule has 0 bridgehead atoms. The topological polar surface area (TPSA) is 45.8 Å². The minimum Gasteiger partial charge on any atom is -0.456 e. The molecule has 0 saturated carbocycles. The third-order valence-corrected chi connectivity index (χ3v) is 4.57. The van der Waals surface area contributed by atoms with E-state index in [1.165, 1.54) is 0 Å². The molecule has 2 aromatic carbocycles. The summed E-state index contributed by atoms with van der Waals surface area (Å²) in [6, 6.07) is 14.4. The average molecular weight is 311 g/mol. The lowest BCUT2D eigenvalue weighted by Gasteiger charge is -2.15. The van der Waals surface area contributed by atoms with Crippen molar-refractivity contribution < 1.29 is 14.3 Å². The van der Waals surface area contributed by atoms with Gasteiger partial charge in [-0.1, -0.05) is 36.4 Å². The van der Waals surface area contributed by atoms with E-state index in [0.717, 1.165) is 40.6 Å². The Morgan fingerprint density at radius 2 is 1.96 bits per heavy atom. The summed E-state index contributed by atoms with van der Waals surface area (Å²) in [5.41, 5.74) is 3.02. The molecule has 3 aromatic rings. The second kappa shape index (κ2) is 5.96. The van der Waals surface area contributed by atoms with Crippen LogP contribution in [0.15, 0.2) is 46.9 Å². The summed E-state index contributed by atoms with van der Waals surface area (Å²) in [5.74, 6) is 0. The van der Waals surface area contributed by atoms with Crippen LogP contribution >= 0.6 is 0 Å². The molecule has 0 spiro atoms. The lowest BCUT2D eigenvalue weighted by Crippen LogP contribution is -2.26. The molecule has 0 radical (unpaired) electrons. The average Bonchev–Trinajstić information content (AvgIpc) is 3.09. The third kappa shape index (κ3) is 2.63. The van der Waals surface area contributed by atoms with Crippen LogP contribution in [0, 0.1) is 0 Å². The molecule has 0 aliphatic carbocycles. The first kappa shape index (κ1) is 14.7. The lowest BCUT2D eigenvalue weighted by molar-refractivity contribution is -0.00244. The number of benzene rings is 2. The van der Waals surface area contributed by atoms with Crippen LogP contribution in [-0.2, 0) is 11.3 Å². The smallest absolute Gasteiger partial charge is 0.139 e. The highest BCUT2D eigenvalue weighted by Gasteiger charge is 2.32. The predicted octanol–water partition coefficient (Wildman–Crippen LogP) is 3.17. The fraction of sp³-hybridized carbons (Fsp3) is 0.368. The van der Waals surface area contributed by atoms with E-state index in [0.29, 0.717) is 13.2 Å². The Balaban J connectivity index is 1.65. The largest absolute Gasteiger partial charge is 0.456 e. The number of para-hydroxylation sites is 2. The molecular formula is C19H21NO3. The van der Waals surface area contributed by atoms with Crippen molar-refractivity contribution in [2.75, 3.05) is 19.7 Å². The van der Waals surface area contributed by atoms with Crippen LogP contribution in [0.4, 0.5) is 0 Å². The Morgan fingerprint density at radius 3 is 2.83 bits per heavy atom. The summed E-state index contributed by atoms with van der Waals surface area (Å²) < 4.78 is 11.7. The van der Waals surface area contributed by atoms with Crippen molar-refractivity contribution >= 4 is 21.9 Å². The lowest BCUT2D eigenvalue weighted by atomic mass is 10.1. The van der Waals surface area contributed by atoms with Crippen LogP contribution in [0.2, 0.25) is 0 Å². The van der Waals surface area contributed by atoms with Crippen molar-refractivity contribution in [2.24, 2.45) is 0 Å². The van der Waals surface area contributed by atoms with Crippen LogP contribution in [0.3, 0.4) is 0 Å². The van der Waals surface area contributed by atoms with Crippen molar-refractivity contribution in [2.45, 2.75) is 25.7 Å². The molecule has 2 atom stereocenters. The normalized spacial score (nSPS) is 22.3. The first-order valence-corrected chi connectivity index (χ1v) is 8.17. The Morgan fingerprint density at radius 1 is 1.13 bits per heavy atom.